The lowest BCUT2D eigenvalue weighted by atomic mass is 10.1. The molecule has 2 amide bonds. The van der Waals surface area contributed by atoms with Crippen LogP contribution in [0.4, 0.5) is 5.82 Å². The van der Waals surface area contributed by atoms with E-state index in [1.807, 2.05) is 12.1 Å². The summed E-state index contributed by atoms with van der Waals surface area (Å²) in [5, 5.41) is 5.75. The van der Waals surface area contributed by atoms with E-state index in [9.17, 15) is 9.59 Å². The summed E-state index contributed by atoms with van der Waals surface area (Å²) in [5.74, 6) is 0.0893. The van der Waals surface area contributed by atoms with Crippen molar-refractivity contribution in [3.05, 3.63) is 23.9 Å². The van der Waals surface area contributed by atoms with Crippen molar-refractivity contribution in [2.75, 3.05) is 18.0 Å². The molecule has 0 bridgehead atoms. The van der Waals surface area contributed by atoms with Crippen molar-refractivity contribution in [1.29, 1.82) is 0 Å². The third kappa shape index (κ3) is 3.58. The smallest absolute Gasteiger partial charge is 0.249 e. The lowest BCUT2D eigenvalue weighted by molar-refractivity contribution is -0.132. The molecule has 1 aliphatic heterocycles. The van der Waals surface area contributed by atoms with Crippen LogP contribution in [-0.4, -0.2) is 35.9 Å². The van der Waals surface area contributed by atoms with E-state index in [0.29, 0.717) is 5.82 Å². The second kappa shape index (κ2) is 6.67. The van der Waals surface area contributed by atoms with Gasteiger partial charge in [-0.15, -0.1) is 0 Å². The maximum Gasteiger partial charge on any atom is 0.249 e. The monoisotopic (exact) mass is 290 g/mol. The summed E-state index contributed by atoms with van der Waals surface area (Å²) >= 11 is 0. The van der Waals surface area contributed by atoms with E-state index < -0.39 is 6.04 Å². The second-order valence-electron chi connectivity index (χ2n) is 5.34. The Balaban J connectivity index is 2.20. The summed E-state index contributed by atoms with van der Waals surface area (Å²) in [5.41, 5.74) is 1.10. The van der Waals surface area contributed by atoms with Crippen molar-refractivity contribution in [3.63, 3.8) is 0 Å². The minimum Gasteiger partial charge on any atom is -0.336 e. The summed E-state index contributed by atoms with van der Waals surface area (Å²) in [7, 11) is 0. The first-order valence-corrected chi connectivity index (χ1v) is 7.32. The van der Waals surface area contributed by atoms with Crippen LogP contribution >= 0.6 is 0 Å². The van der Waals surface area contributed by atoms with E-state index in [1.165, 1.54) is 0 Å². The Morgan fingerprint density at radius 3 is 3.00 bits per heavy atom. The predicted octanol–water partition coefficient (Wildman–Crippen LogP) is 0.993. The molecule has 2 N–H and O–H groups in total. The molecule has 0 radical (unpaired) electrons. The van der Waals surface area contributed by atoms with Crippen LogP contribution in [0.5, 0.6) is 0 Å². The molecule has 6 heteroatoms. The van der Waals surface area contributed by atoms with Gasteiger partial charge in [0.1, 0.15) is 11.9 Å². The lowest BCUT2D eigenvalue weighted by Gasteiger charge is -2.32. The van der Waals surface area contributed by atoms with Crippen LogP contribution in [0.25, 0.3) is 0 Å². The number of pyridine rings is 1. The van der Waals surface area contributed by atoms with Gasteiger partial charge in [0, 0.05) is 12.2 Å². The first-order valence-electron chi connectivity index (χ1n) is 7.32. The molecule has 0 aromatic carbocycles. The van der Waals surface area contributed by atoms with E-state index in [4.69, 9.17) is 0 Å². The molecule has 2 heterocycles. The highest BCUT2D eigenvalue weighted by Gasteiger charge is 2.31. The standard InChI is InChI=1S/C15H22N4O2/c1-4-6-16-10(2)12-5-7-17-13(8-12)19-9-14(20)18-15(21)11(19)3/h5,7-8,10-11,16H,4,6,9H2,1-3H3,(H,18,20,21). The fraction of sp³-hybridized carbons (Fsp3) is 0.533. The van der Waals surface area contributed by atoms with E-state index in [-0.39, 0.29) is 24.4 Å². The average molecular weight is 290 g/mol. The highest BCUT2D eigenvalue weighted by Crippen LogP contribution is 2.21. The number of anilines is 1. The largest absolute Gasteiger partial charge is 0.336 e. The maximum atomic E-state index is 11.7. The summed E-state index contributed by atoms with van der Waals surface area (Å²) in [6, 6.07) is 3.70. The molecule has 1 aromatic heterocycles. The fourth-order valence-corrected chi connectivity index (χ4v) is 2.33. The van der Waals surface area contributed by atoms with Crippen molar-refractivity contribution < 1.29 is 9.59 Å². The van der Waals surface area contributed by atoms with Crippen LogP contribution in [0, 0.1) is 0 Å². The van der Waals surface area contributed by atoms with Crippen molar-refractivity contribution >= 4 is 17.6 Å². The first-order chi connectivity index (χ1) is 10.0. The van der Waals surface area contributed by atoms with Crippen LogP contribution in [0.3, 0.4) is 0 Å². The third-order valence-corrected chi connectivity index (χ3v) is 3.69. The molecular formula is C15H22N4O2. The van der Waals surface area contributed by atoms with Crippen molar-refractivity contribution in [3.8, 4) is 0 Å². The van der Waals surface area contributed by atoms with Crippen LogP contribution in [0.2, 0.25) is 0 Å². The van der Waals surface area contributed by atoms with Crippen molar-refractivity contribution in [2.45, 2.75) is 39.3 Å². The quantitative estimate of drug-likeness (QED) is 0.791. The molecule has 1 aromatic rings. The van der Waals surface area contributed by atoms with Crippen LogP contribution < -0.4 is 15.5 Å². The van der Waals surface area contributed by atoms with Gasteiger partial charge in [0.15, 0.2) is 0 Å². The highest BCUT2D eigenvalue weighted by molar-refractivity contribution is 6.04. The van der Waals surface area contributed by atoms with Gasteiger partial charge in [-0.2, -0.15) is 0 Å². The number of piperazine rings is 1. The Kier molecular flexibility index (Phi) is 4.90. The van der Waals surface area contributed by atoms with Crippen LogP contribution in [-0.2, 0) is 9.59 Å². The number of nitrogens with zero attached hydrogens (tertiary/aromatic N) is 2. The molecule has 0 saturated carbocycles. The number of imide groups is 1. The molecule has 21 heavy (non-hydrogen) atoms. The molecular weight excluding hydrogens is 268 g/mol. The Hall–Kier alpha value is -1.95. The Morgan fingerprint density at radius 2 is 2.29 bits per heavy atom. The van der Waals surface area contributed by atoms with Gasteiger partial charge in [-0.05, 0) is 44.5 Å². The SMILES string of the molecule is CCCNC(C)c1ccnc(N2CC(=O)NC(=O)C2C)c1. The van der Waals surface area contributed by atoms with Gasteiger partial charge < -0.3 is 10.2 Å². The topological polar surface area (TPSA) is 74.3 Å². The van der Waals surface area contributed by atoms with Gasteiger partial charge in [-0.25, -0.2) is 4.98 Å². The van der Waals surface area contributed by atoms with E-state index in [0.717, 1.165) is 18.5 Å². The van der Waals surface area contributed by atoms with Crippen molar-refractivity contribution in [2.24, 2.45) is 0 Å². The number of carbonyl (C=O) groups excluding carboxylic acids is 2. The summed E-state index contributed by atoms with van der Waals surface area (Å²) in [6.45, 7) is 7.08. The molecule has 2 atom stereocenters. The Bertz CT molecular complexity index is 532. The molecule has 2 unspecified atom stereocenters. The Morgan fingerprint density at radius 1 is 1.52 bits per heavy atom. The molecule has 6 nitrogen and oxygen atoms in total. The molecule has 2 rings (SSSR count). The number of amides is 2. The third-order valence-electron chi connectivity index (χ3n) is 3.69. The first kappa shape index (κ1) is 15.4. The van der Waals surface area contributed by atoms with Crippen LogP contribution in [0.1, 0.15) is 38.8 Å². The minimum absolute atomic E-state index is 0.153. The van der Waals surface area contributed by atoms with Gasteiger partial charge in [0.05, 0.1) is 6.54 Å². The van der Waals surface area contributed by atoms with Crippen molar-refractivity contribution in [1.82, 2.24) is 15.6 Å². The van der Waals surface area contributed by atoms with E-state index in [2.05, 4.69) is 29.5 Å². The van der Waals surface area contributed by atoms with Gasteiger partial charge in [-0.3, -0.25) is 14.9 Å². The molecule has 114 valence electrons. The maximum absolute atomic E-state index is 11.7. The summed E-state index contributed by atoms with van der Waals surface area (Å²) < 4.78 is 0. The number of rotatable bonds is 5. The van der Waals surface area contributed by atoms with Gasteiger partial charge in [0.25, 0.3) is 0 Å². The number of nitrogens with one attached hydrogen (secondary N) is 2. The normalized spacial score (nSPS) is 20.3. The molecule has 1 saturated heterocycles. The predicted molar refractivity (Wildman–Crippen MR) is 80.9 cm³/mol. The number of hydrogen-bond donors (Lipinski definition) is 2. The highest BCUT2D eigenvalue weighted by atomic mass is 16.2. The number of hydrogen-bond acceptors (Lipinski definition) is 5. The average Bonchev–Trinajstić information content (AvgIpc) is 2.48. The second-order valence-corrected chi connectivity index (χ2v) is 5.34. The van der Waals surface area contributed by atoms with Gasteiger partial charge in [0.2, 0.25) is 11.8 Å². The number of aromatic nitrogens is 1. The summed E-state index contributed by atoms with van der Waals surface area (Å²) in [6.07, 6.45) is 2.79. The van der Waals surface area contributed by atoms with E-state index >= 15 is 0 Å². The Labute approximate surface area is 124 Å². The lowest BCUT2D eigenvalue weighted by Crippen LogP contribution is -2.57. The fourth-order valence-electron chi connectivity index (χ4n) is 2.33. The van der Waals surface area contributed by atoms with Crippen LogP contribution in [0.15, 0.2) is 18.3 Å². The zero-order valence-electron chi connectivity index (χ0n) is 12.7. The van der Waals surface area contributed by atoms with E-state index in [1.54, 1.807) is 18.0 Å². The van der Waals surface area contributed by atoms with Gasteiger partial charge in [-0.1, -0.05) is 6.92 Å². The number of carbonyl (C=O) groups is 2. The zero-order valence-corrected chi connectivity index (χ0v) is 12.7. The van der Waals surface area contributed by atoms with Gasteiger partial charge >= 0.3 is 0 Å². The molecule has 1 aliphatic rings. The molecule has 0 aliphatic carbocycles. The zero-order chi connectivity index (χ0) is 15.4. The molecule has 1 fully saturated rings. The summed E-state index contributed by atoms with van der Waals surface area (Å²) in [4.78, 5) is 29.3. The molecule has 0 spiro atoms. The minimum atomic E-state index is -0.399.